The first-order valence-electron chi connectivity index (χ1n) is 9.68. The molecule has 0 bridgehead atoms. The highest BCUT2D eigenvalue weighted by Crippen LogP contribution is 2.39. The fourth-order valence-corrected chi connectivity index (χ4v) is 3.99. The molecule has 156 valence electrons. The predicted octanol–water partition coefficient (Wildman–Crippen LogP) is 5.64. The maximum atomic E-state index is 12.5. The summed E-state index contributed by atoms with van der Waals surface area (Å²) >= 11 is 1.52. The van der Waals surface area contributed by atoms with Gasteiger partial charge in [-0.25, -0.2) is 4.98 Å². The largest absolute Gasteiger partial charge is 0.493 e. The van der Waals surface area contributed by atoms with Crippen molar-refractivity contribution >= 4 is 17.1 Å². The summed E-state index contributed by atoms with van der Waals surface area (Å²) in [5, 5.41) is 2.79. The van der Waals surface area contributed by atoms with E-state index in [0.29, 0.717) is 35.0 Å². The van der Waals surface area contributed by atoms with Gasteiger partial charge < -0.3 is 14.2 Å². The maximum Gasteiger partial charge on any atom is 0.193 e. The quantitative estimate of drug-likeness (QED) is 0.338. The van der Waals surface area contributed by atoms with Crippen LogP contribution in [0.1, 0.15) is 21.6 Å². The molecule has 4 rings (SSSR count). The fraction of sp³-hybridized carbons (Fsp3) is 0.120. The van der Waals surface area contributed by atoms with Crippen LogP contribution in [0.15, 0.2) is 78.2 Å². The number of benzene rings is 3. The highest BCUT2D eigenvalue weighted by Gasteiger charge is 2.15. The summed E-state index contributed by atoms with van der Waals surface area (Å²) in [6.45, 7) is 0.328. The van der Waals surface area contributed by atoms with E-state index in [4.69, 9.17) is 14.2 Å². The fourth-order valence-electron chi connectivity index (χ4n) is 3.17. The molecule has 0 spiro atoms. The summed E-state index contributed by atoms with van der Waals surface area (Å²) in [6.07, 6.45) is 0. The molecule has 0 aliphatic heterocycles. The molecule has 0 atom stereocenters. The molecule has 3 aromatic carbocycles. The minimum Gasteiger partial charge on any atom is -0.493 e. The second-order valence-electron chi connectivity index (χ2n) is 6.69. The molecule has 0 radical (unpaired) electrons. The van der Waals surface area contributed by atoms with Crippen LogP contribution in [0, 0.1) is 0 Å². The zero-order chi connectivity index (χ0) is 21.6. The van der Waals surface area contributed by atoms with Crippen molar-refractivity contribution in [3.8, 4) is 27.8 Å². The van der Waals surface area contributed by atoms with Crippen molar-refractivity contribution in [1.82, 2.24) is 4.98 Å². The van der Waals surface area contributed by atoms with Crippen LogP contribution in [-0.4, -0.2) is 25.0 Å². The van der Waals surface area contributed by atoms with Crippen molar-refractivity contribution in [2.75, 3.05) is 14.2 Å². The Kier molecular flexibility index (Phi) is 6.29. The normalized spacial score (nSPS) is 10.5. The number of nitrogens with zero attached hydrogens (tertiary/aromatic N) is 1. The van der Waals surface area contributed by atoms with Gasteiger partial charge >= 0.3 is 0 Å². The zero-order valence-electron chi connectivity index (χ0n) is 17.2. The summed E-state index contributed by atoms with van der Waals surface area (Å²) in [7, 11) is 3.23. The molecule has 1 aromatic heterocycles. The van der Waals surface area contributed by atoms with Crippen LogP contribution in [0.2, 0.25) is 0 Å². The van der Waals surface area contributed by atoms with Gasteiger partial charge in [-0.1, -0.05) is 36.4 Å². The van der Waals surface area contributed by atoms with Crippen molar-refractivity contribution in [1.29, 1.82) is 0 Å². The Morgan fingerprint density at radius 1 is 0.871 bits per heavy atom. The Morgan fingerprint density at radius 3 is 2.32 bits per heavy atom. The van der Waals surface area contributed by atoms with Gasteiger partial charge in [-0.3, -0.25) is 4.79 Å². The number of thiazole rings is 1. The van der Waals surface area contributed by atoms with Crippen LogP contribution in [0.4, 0.5) is 0 Å². The van der Waals surface area contributed by atoms with Crippen LogP contribution in [0.3, 0.4) is 0 Å². The summed E-state index contributed by atoms with van der Waals surface area (Å²) < 4.78 is 16.7. The van der Waals surface area contributed by atoms with Gasteiger partial charge in [-0.2, -0.15) is 0 Å². The molecule has 0 aliphatic rings. The van der Waals surface area contributed by atoms with Crippen molar-refractivity contribution in [2.24, 2.45) is 0 Å². The zero-order valence-corrected chi connectivity index (χ0v) is 18.0. The van der Waals surface area contributed by atoms with E-state index in [2.05, 4.69) is 4.98 Å². The van der Waals surface area contributed by atoms with Gasteiger partial charge in [0.05, 0.1) is 25.5 Å². The van der Waals surface area contributed by atoms with Crippen LogP contribution < -0.4 is 14.2 Å². The number of carbonyl (C=O) groups is 1. The lowest BCUT2D eigenvalue weighted by atomic mass is 10.0. The molecule has 0 aliphatic carbocycles. The van der Waals surface area contributed by atoms with Gasteiger partial charge in [0.1, 0.15) is 17.4 Å². The van der Waals surface area contributed by atoms with E-state index in [1.165, 1.54) is 11.3 Å². The van der Waals surface area contributed by atoms with Gasteiger partial charge in [0, 0.05) is 16.5 Å². The summed E-state index contributed by atoms with van der Waals surface area (Å²) in [5.74, 6) is 1.99. The first-order valence-corrected chi connectivity index (χ1v) is 10.6. The molecule has 5 nitrogen and oxygen atoms in total. The number of carbonyl (C=O) groups excluding carboxylic acids is 1. The molecule has 0 amide bonds. The standard InChI is InChI=1S/C25H21NO4S/c1-28-22-10-6-9-21(24(22)29-2)25-26-19(16-31-25)15-30-20-13-11-18(12-14-20)23(27)17-7-4-3-5-8-17/h3-14,16H,15H2,1-2H3. The lowest BCUT2D eigenvalue weighted by Gasteiger charge is -2.10. The molecule has 6 heteroatoms. The molecule has 0 saturated carbocycles. The number of ketones is 1. The molecule has 0 saturated heterocycles. The Labute approximate surface area is 184 Å². The molecule has 4 aromatic rings. The van der Waals surface area contributed by atoms with Gasteiger partial charge in [-0.15, -0.1) is 11.3 Å². The van der Waals surface area contributed by atoms with Crippen molar-refractivity contribution in [2.45, 2.75) is 6.61 Å². The van der Waals surface area contributed by atoms with E-state index in [9.17, 15) is 4.79 Å². The van der Waals surface area contributed by atoms with E-state index in [1.54, 1.807) is 38.5 Å². The molecule has 0 N–H and O–H groups in total. The number of rotatable bonds is 8. The van der Waals surface area contributed by atoms with Gasteiger partial charge in [0.2, 0.25) is 0 Å². The van der Waals surface area contributed by atoms with Crippen LogP contribution in [-0.2, 0) is 6.61 Å². The summed E-state index contributed by atoms with van der Waals surface area (Å²) in [4.78, 5) is 17.2. The monoisotopic (exact) mass is 431 g/mol. The Balaban J connectivity index is 1.43. The minimum absolute atomic E-state index is 0.0106. The van der Waals surface area contributed by atoms with Crippen LogP contribution in [0.25, 0.3) is 10.6 Å². The lowest BCUT2D eigenvalue weighted by Crippen LogP contribution is -2.01. The van der Waals surface area contributed by atoms with Gasteiger partial charge in [-0.05, 0) is 36.4 Å². The predicted molar refractivity (Wildman–Crippen MR) is 121 cm³/mol. The molecule has 31 heavy (non-hydrogen) atoms. The smallest absolute Gasteiger partial charge is 0.193 e. The highest BCUT2D eigenvalue weighted by atomic mass is 32.1. The maximum absolute atomic E-state index is 12.5. The third-order valence-electron chi connectivity index (χ3n) is 4.72. The first-order chi connectivity index (χ1) is 15.2. The van der Waals surface area contributed by atoms with Crippen LogP contribution in [0.5, 0.6) is 17.2 Å². The van der Waals surface area contributed by atoms with Crippen molar-refractivity contribution < 1.29 is 19.0 Å². The summed E-state index contributed by atoms with van der Waals surface area (Å²) in [6, 6.07) is 22.1. The van der Waals surface area contributed by atoms with Gasteiger partial charge in [0.25, 0.3) is 0 Å². The number of hydrogen-bond donors (Lipinski definition) is 0. The second kappa shape index (κ2) is 9.45. The Bertz CT molecular complexity index is 1170. The highest BCUT2D eigenvalue weighted by molar-refractivity contribution is 7.13. The van der Waals surface area contributed by atoms with Crippen molar-refractivity contribution in [3.05, 3.63) is 95.0 Å². The second-order valence-corrected chi connectivity index (χ2v) is 7.55. The molecule has 0 unspecified atom stereocenters. The van der Waals surface area contributed by atoms with E-state index in [1.807, 2.05) is 53.9 Å². The average Bonchev–Trinajstić information content (AvgIpc) is 3.31. The van der Waals surface area contributed by atoms with E-state index >= 15 is 0 Å². The van der Waals surface area contributed by atoms with E-state index in [0.717, 1.165) is 16.3 Å². The average molecular weight is 432 g/mol. The molecule has 0 fully saturated rings. The molecular formula is C25H21NO4S. The Hall–Kier alpha value is -3.64. The molecular weight excluding hydrogens is 410 g/mol. The first kappa shape index (κ1) is 20.6. The third-order valence-corrected chi connectivity index (χ3v) is 5.65. The number of aromatic nitrogens is 1. The van der Waals surface area contributed by atoms with Crippen LogP contribution >= 0.6 is 11.3 Å². The number of hydrogen-bond acceptors (Lipinski definition) is 6. The SMILES string of the molecule is COc1cccc(-c2nc(COc3ccc(C(=O)c4ccccc4)cc3)cs2)c1OC. The lowest BCUT2D eigenvalue weighted by molar-refractivity contribution is 0.103. The number of methoxy groups -OCH3 is 2. The minimum atomic E-state index is -0.0106. The van der Waals surface area contributed by atoms with E-state index in [-0.39, 0.29) is 5.78 Å². The Morgan fingerprint density at radius 2 is 1.61 bits per heavy atom. The number of ether oxygens (including phenoxy) is 3. The summed E-state index contributed by atoms with van der Waals surface area (Å²) in [5.41, 5.74) is 2.98. The van der Waals surface area contributed by atoms with Gasteiger partial charge in [0.15, 0.2) is 17.3 Å². The number of para-hydroxylation sites is 1. The van der Waals surface area contributed by atoms with E-state index < -0.39 is 0 Å². The topological polar surface area (TPSA) is 57.7 Å². The molecule has 1 heterocycles. The van der Waals surface area contributed by atoms with Crippen molar-refractivity contribution in [3.63, 3.8) is 0 Å². The third kappa shape index (κ3) is 4.59.